The SMILES string of the molecule is OCCCN(CCCO)c1nc(Cl)nc(N(CCCO)CCCO)n1. The highest BCUT2D eigenvalue weighted by Crippen LogP contribution is 2.18. The molecule has 1 rings (SSSR count). The van der Waals surface area contributed by atoms with Gasteiger partial charge in [-0.05, 0) is 37.3 Å². The molecule has 0 radical (unpaired) electrons. The van der Waals surface area contributed by atoms with Crippen LogP contribution in [0.3, 0.4) is 0 Å². The van der Waals surface area contributed by atoms with Crippen molar-refractivity contribution in [2.45, 2.75) is 25.7 Å². The van der Waals surface area contributed by atoms with Crippen molar-refractivity contribution in [1.82, 2.24) is 15.0 Å². The zero-order valence-electron chi connectivity index (χ0n) is 14.4. The van der Waals surface area contributed by atoms with Gasteiger partial charge in [-0.3, -0.25) is 0 Å². The topological polar surface area (TPSA) is 126 Å². The number of hydrogen-bond donors (Lipinski definition) is 4. The summed E-state index contributed by atoms with van der Waals surface area (Å²) in [5.41, 5.74) is 0. The van der Waals surface area contributed by atoms with Gasteiger partial charge in [-0.1, -0.05) is 0 Å². The molecule has 1 heterocycles. The van der Waals surface area contributed by atoms with Crippen LogP contribution in [0, 0.1) is 0 Å². The van der Waals surface area contributed by atoms with Gasteiger partial charge in [0.25, 0.3) is 0 Å². The zero-order valence-corrected chi connectivity index (χ0v) is 15.1. The third kappa shape index (κ3) is 8.10. The molecular weight excluding hydrogens is 350 g/mol. The lowest BCUT2D eigenvalue weighted by molar-refractivity contribution is 0.281. The fourth-order valence-electron chi connectivity index (χ4n) is 2.28. The van der Waals surface area contributed by atoms with Crippen molar-refractivity contribution in [3.05, 3.63) is 5.28 Å². The quantitative estimate of drug-likeness (QED) is 0.344. The molecule has 0 atom stereocenters. The van der Waals surface area contributed by atoms with Gasteiger partial charge in [0.05, 0.1) is 0 Å². The summed E-state index contributed by atoms with van der Waals surface area (Å²) in [6.45, 7) is 2.29. The second kappa shape index (κ2) is 13.0. The van der Waals surface area contributed by atoms with E-state index in [0.29, 0.717) is 63.8 Å². The van der Waals surface area contributed by atoms with Gasteiger partial charge in [-0.15, -0.1) is 0 Å². The Balaban J connectivity index is 3.02. The van der Waals surface area contributed by atoms with Crippen LogP contribution in [0.5, 0.6) is 0 Å². The first kappa shape index (κ1) is 21.8. The number of rotatable bonds is 14. The average molecular weight is 378 g/mol. The Morgan fingerprint density at radius 2 is 0.920 bits per heavy atom. The standard InChI is InChI=1S/C15H28ClN5O4/c16-13-17-14(20(5-1-9-22)6-2-10-23)19-15(18-13)21(7-3-11-24)8-4-12-25/h22-25H,1-12H2. The molecule has 0 spiro atoms. The summed E-state index contributed by atoms with van der Waals surface area (Å²) >= 11 is 6.06. The summed E-state index contributed by atoms with van der Waals surface area (Å²) in [7, 11) is 0. The van der Waals surface area contributed by atoms with Crippen molar-refractivity contribution in [3.8, 4) is 0 Å². The third-order valence-electron chi connectivity index (χ3n) is 3.49. The second-order valence-corrected chi connectivity index (χ2v) is 5.83. The van der Waals surface area contributed by atoms with E-state index in [1.165, 1.54) is 0 Å². The van der Waals surface area contributed by atoms with E-state index in [0.717, 1.165) is 0 Å². The first-order valence-electron chi connectivity index (χ1n) is 8.51. The molecular formula is C15H28ClN5O4. The van der Waals surface area contributed by atoms with Gasteiger partial charge in [-0.25, -0.2) is 0 Å². The Bertz CT molecular complexity index is 429. The maximum atomic E-state index is 9.07. The van der Waals surface area contributed by atoms with Gasteiger partial charge >= 0.3 is 0 Å². The second-order valence-electron chi connectivity index (χ2n) is 5.49. The summed E-state index contributed by atoms with van der Waals surface area (Å²) < 4.78 is 0. The van der Waals surface area contributed by atoms with Crippen LogP contribution in [0.4, 0.5) is 11.9 Å². The molecule has 0 aliphatic carbocycles. The molecule has 9 nitrogen and oxygen atoms in total. The number of hydrogen-bond acceptors (Lipinski definition) is 9. The van der Waals surface area contributed by atoms with Crippen LogP contribution in [-0.4, -0.2) is 88.0 Å². The predicted octanol–water partition coefficient (Wildman–Crippen LogP) is -0.333. The molecule has 0 aliphatic heterocycles. The third-order valence-corrected chi connectivity index (χ3v) is 3.66. The van der Waals surface area contributed by atoms with Gasteiger partial charge in [0.1, 0.15) is 0 Å². The summed E-state index contributed by atoms with van der Waals surface area (Å²) in [5, 5.41) is 36.3. The Morgan fingerprint density at radius 1 is 0.600 bits per heavy atom. The average Bonchev–Trinajstić information content (AvgIpc) is 2.61. The van der Waals surface area contributed by atoms with Crippen molar-refractivity contribution in [2.24, 2.45) is 0 Å². The molecule has 144 valence electrons. The number of aliphatic hydroxyl groups is 4. The molecule has 0 saturated carbocycles. The Kier molecular flexibility index (Phi) is 11.3. The summed E-state index contributed by atoms with van der Waals surface area (Å²) in [6.07, 6.45) is 2.18. The highest BCUT2D eigenvalue weighted by molar-refractivity contribution is 6.28. The van der Waals surface area contributed by atoms with E-state index in [-0.39, 0.29) is 31.7 Å². The van der Waals surface area contributed by atoms with Crippen LogP contribution in [0.1, 0.15) is 25.7 Å². The normalized spacial score (nSPS) is 10.9. The minimum absolute atomic E-state index is 0.0421. The highest BCUT2D eigenvalue weighted by Gasteiger charge is 2.16. The van der Waals surface area contributed by atoms with Crippen LogP contribution in [-0.2, 0) is 0 Å². The molecule has 0 bridgehead atoms. The van der Waals surface area contributed by atoms with E-state index in [1.54, 1.807) is 0 Å². The first-order valence-corrected chi connectivity index (χ1v) is 8.89. The maximum Gasteiger partial charge on any atom is 0.231 e. The number of aromatic nitrogens is 3. The fraction of sp³-hybridized carbons (Fsp3) is 0.800. The van der Waals surface area contributed by atoms with Crippen molar-refractivity contribution in [1.29, 1.82) is 0 Å². The van der Waals surface area contributed by atoms with Crippen LogP contribution in [0.2, 0.25) is 5.28 Å². The van der Waals surface area contributed by atoms with Crippen LogP contribution in [0.15, 0.2) is 0 Å². The van der Waals surface area contributed by atoms with Crippen molar-refractivity contribution >= 4 is 23.5 Å². The van der Waals surface area contributed by atoms with Crippen molar-refractivity contribution in [3.63, 3.8) is 0 Å². The minimum atomic E-state index is 0.0421. The Labute approximate surface area is 152 Å². The molecule has 0 saturated heterocycles. The number of anilines is 2. The van der Waals surface area contributed by atoms with E-state index in [1.807, 2.05) is 9.80 Å². The maximum absolute atomic E-state index is 9.07. The molecule has 0 aromatic carbocycles. The van der Waals surface area contributed by atoms with Gasteiger partial charge in [0.15, 0.2) is 0 Å². The predicted molar refractivity (Wildman–Crippen MR) is 96.1 cm³/mol. The monoisotopic (exact) mass is 377 g/mol. The van der Waals surface area contributed by atoms with E-state index >= 15 is 0 Å². The van der Waals surface area contributed by atoms with E-state index in [9.17, 15) is 0 Å². The van der Waals surface area contributed by atoms with E-state index < -0.39 is 0 Å². The lowest BCUT2D eigenvalue weighted by Gasteiger charge is -2.25. The molecule has 10 heteroatoms. The van der Waals surface area contributed by atoms with Gasteiger partial charge in [0.2, 0.25) is 17.2 Å². The van der Waals surface area contributed by atoms with Crippen molar-refractivity contribution in [2.75, 3.05) is 62.4 Å². The van der Waals surface area contributed by atoms with Crippen LogP contribution >= 0.6 is 11.6 Å². The number of halogens is 1. The largest absolute Gasteiger partial charge is 0.396 e. The first-order chi connectivity index (χ1) is 12.2. The zero-order chi connectivity index (χ0) is 18.5. The molecule has 0 fully saturated rings. The minimum Gasteiger partial charge on any atom is -0.396 e. The smallest absolute Gasteiger partial charge is 0.231 e. The molecule has 1 aromatic rings. The van der Waals surface area contributed by atoms with Crippen LogP contribution in [0.25, 0.3) is 0 Å². The van der Waals surface area contributed by atoms with Crippen molar-refractivity contribution < 1.29 is 20.4 Å². The number of nitrogens with zero attached hydrogens (tertiary/aromatic N) is 5. The summed E-state index contributed by atoms with van der Waals surface area (Å²) in [5.74, 6) is 0.768. The lowest BCUT2D eigenvalue weighted by Crippen LogP contribution is -2.32. The molecule has 25 heavy (non-hydrogen) atoms. The van der Waals surface area contributed by atoms with Gasteiger partial charge < -0.3 is 30.2 Å². The number of aliphatic hydroxyl groups excluding tert-OH is 4. The Hall–Kier alpha value is -1.26. The van der Waals surface area contributed by atoms with E-state index in [4.69, 9.17) is 32.0 Å². The molecule has 4 N–H and O–H groups in total. The molecule has 0 unspecified atom stereocenters. The van der Waals surface area contributed by atoms with Gasteiger partial charge in [0, 0.05) is 52.6 Å². The Morgan fingerprint density at radius 3 is 1.20 bits per heavy atom. The van der Waals surface area contributed by atoms with Gasteiger partial charge in [-0.2, -0.15) is 15.0 Å². The highest BCUT2D eigenvalue weighted by atomic mass is 35.5. The fourth-order valence-corrected chi connectivity index (χ4v) is 2.43. The van der Waals surface area contributed by atoms with Crippen LogP contribution < -0.4 is 9.80 Å². The molecule has 0 aliphatic rings. The lowest BCUT2D eigenvalue weighted by atomic mass is 10.3. The summed E-state index contributed by atoms with van der Waals surface area (Å²) in [6, 6.07) is 0. The molecule has 1 aromatic heterocycles. The van der Waals surface area contributed by atoms with E-state index in [2.05, 4.69) is 15.0 Å². The molecule has 0 amide bonds. The summed E-state index contributed by atoms with van der Waals surface area (Å²) in [4.78, 5) is 16.5.